The minimum Gasteiger partial charge on any atom is -0.508 e. The number of benzene rings is 3. The topological polar surface area (TPSA) is 97.2 Å². The average Bonchev–Trinajstić information content (AvgIpc) is 3.49. The first-order valence-corrected chi connectivity index (χ1v) is 20.5. The summed E-state index contributed by atoms with van der Waals surface area (Å²) < 4.78 is 2.12. The second kappa shape index (κ2) is 19.6. The molecule has 3 amide bonds. The van der Waals surface area contributed by atoms with Gasteiger partial charge in [-0.25, -0.2) is 9.78 Å². The van der Waals surface area contributed by atoms with Gasteiger partial charge in [0.05, 0.1) is 22.4 Å². The van der Waals surface area contributed by atoms with Gasteiger partial charge in [0.2, 0.25) is 5.91 Å². The number of phenolic OH excluding ortho intramolecular Hbond substituents is 1. The standard InChI is InChI=1S/C43H57Cl2N7O3/c1-7-9-38(36-28-35(30(2)3)40(53)26-31(36)4)52(43(55)46-5)33-14-12-32(13-15-33)29-49-22-24-51(25-23-49)42(54)11-8-10-41-47-37-27-34(16-17-39(37)48(41)6)50(20-18-44)21-19-45/h9,12-17,26-28,30,53H,7-8,10-11,18-25,29H2,1-6H3,(H,46,55)/b38-9+. The molecule has 1 aliphatic rings. The Hall–Kier alpha value is -4.25. The third-order valence-corrected chi connectivity index (χ3v) is 10.8. The number of aromatic hydroxyl groups is 1. The van der Waals surface area contributed by atoms with Crippen LogP contribution in [0.4, 0.5) is 16.2 Å². The van der Waals surface area contributed by atoms with Gasteiger partial charge in [-0.1, -0.05) is 39.0 Å². The van der Waals surface area contributed by atoms with E-state index in [9.17, 15) is 14.7 Å². The fourth-order valence-electron chi connectivity index (χ4n) is 7.39. The summed E-state index contributed by atoms with van der Waals surface area (Å²) in [5.74, 6) is 2.63. The van der Waals surface area contributed by atoms with E-state index in [1.807, 2.05) is 37.1 Å². The van der Waals surface area contributed by atoms with Crippen LogP contribution in [0.1, 0.15) is 74.0 Å². The highest BCUT2D eigenvalue weighted by Crippen LogP contribution is 2.35. The highest BCUT2D eigenvalue weighted by Gasteiger charge is 2.25. The first kappa shape index (κ1) is 41.9. The number of alkyl halides is 2. The number of phenols is 1. The second-order valence-electron chi connectivity index (χ2n) is 14.6. The number of fused-ring (bicyclic) bond motifs is 1. The van der Waals surface area contributed by atoms with Crippen LogP contribution in [0.15, 0.2) is 60.7 Å². The van der Waals surface area contributed by atoms with Crippen LogP contribution in [0.5, 0.6) is 5.75 Å². The Morgan fingerprint density at radius 2 is 1.65 bits per heavy atom. The lowest BCUT2D eigenvalue weighted by atomic mass is 9.94. The molecule has 2 N–H and O–H groups in total. The molecule has 4 aromatic rings. The molecule has 0 atom stereocenters. The summed E-state index contributed by atoms with van der Waals surface area (Å²) in [5.41, 5.74) is 8.41. The summed E-state index contributed by atoms with van der Waals surface area (Å²) in [6.07, 6.45) is 4.77. The lowest BCUT2D eigenvalue weighted by Crippen LogP contribution is -2.48. The van der Waals surface area contributed by atoms with Gasteiger partial charge in [0.1, 0.15) is 11.6 Å². The van der Waals surface area contributed by atoms with Crippen molar-refractivity contribution in [3.63, 3.8) is 0 Å². The highest BCUT2D eigenvalue weighted by atomic mass is 35.5. The van der Waals surface area contributed by atoms with Gasteiger partial charge in [-0.05, 0) is 84.8 Å². The van der Waals surface area contributed by atoms with Gasteiger partial charge in [0.25, 0.3) is 0 Å². The fraction of sp³-hybridized carbons (Fsp3) is 0.465. The maximum Gasteiger partial charge on any atom is 0.326 e. The SMILES string of the molecule is CC/C=C(\c1cc(C(C)C)c(O)cc1C)N(C(=O)NC)c1ccc(CN2CCN(C(=O)CCCc3nc4cc(N(CCCl)CCCl)ccc4n3C)CC2)cc1. The Balaban J connectivity index is 1.16. The van der Waals surface area contributed by atoms with Gasteiger partial charge in [0.15, 0.2) is 0 Å². The Morgan fingerprint density at radius 1 is 0.982 bits per heavy atom. The molecular formula is C43H57Cl2N7O3. The maximum atomic E-state index is 13.4. The minimum atomic E-state index is -0.234. The van der Waals surface area contributed by atoms with E-state index in [0.29, 0.717) is 31.3 Å². The number of amides is 3. The lowest BCUT2D eigenvalue weighted by molar-refractivity contribution is -0.133. The molecule has 55 heavy (non-hydrogen) atoms. The van der Waals surface area contributed by atoms with Gasteiger partial charge in [0, 0.05) is 95.8 Å². The van der Waals surface area contributed by atoms with E-state index >= 15 is 0 Å². The molecule has 2 heterocycles. The van der Waals surface area contributed by atoms with Crippen LogP contribution in [0.3, 0.4) is 0 Å². The van der Waals surface area contributed by atoms with Crippen LogP contribution in [0, 0.1) is 6.92 Å². The minimum absolute atomic E-state index is 0.129. The number of aryl methyl sites for hydroxylation is 3. The van der Waals surface area contributed by atoms with E-state index in [1.165, 1.54) is 0 Å². The Labute approximate surface area is 336 Å². The number of carbonyl (C=O) groups excluding carboxylic acids is 2. The van der Waals surface area contributed by atoms with E-state index in [1.54, 1.807) is 18.0 Å². The van der Waals surface area contributed by atoms with Gasteiger partial charge in [-0.3, -0.25) is 14.6 Å². The Kier molecular flexibility index (Phi) is 14.9. The van der Waals surface area contributed by atoms with E-state index in [0.717, 1.165) is 108 Å². The second-order valence-corrected chi connectivity index (χ2v) is 15.3. The molecule has 1 saturated heterocycles. The maximum absolute atomic E-state index is 13.4. The van der Waals surface area contributed by atoms with Gasteiger partial charge < -0.3 is 24.8 Å². The van der Waals surface area contributed by atoms with Crippen LogP contribution < -0.4 is 15.1 Å². The van der Waals surface area contributed by atoms with Crippen LogP contribution in [0.2, 0.25) is 0 Å². The largest absolute Gasteiger partial charge is 0.508 e. The number of carbonyl (C=O) groups is 2. The normalized spacial score (nSPS) is 13.8. The number of halogens is 2. The molecule has 296 valence electrons. The van der Waals surface area contributed by atoms with E-state index in [4.69, 9.17) is 28.2 Å². The number of imidazole rings is 1. The van der Waals surface area contributed by atoms with Crippen molar-refractivity contribution in [3.8, 4) is 5.75 Å². The average molecular weight is 791 g/mol. The molecule has 0 spiro atoms. The van der Waals surface area contributed by atoms with Gasteiger partial charge in [-0.2, -0.15) is 0 Å². The van der Waals surface area contributed by atoms with Crippen molar-refractivity contribution in [1.82, 2.24) is 24.7 Å². The monoisotopic (exact) mass is 789 g/mol. The summed E-state index contributed by atoms with van der Waals surface area (Å²) in [6, 6.07) is 18.0. The molecule has 5 rings (SSSR count). The summed E-state index contributed by atoms with van der Waals surface area (Å²) in [6.45, 7) is 13.3. The fourth-order valence-corrected chi connectivity index (χ4v) is 7.80. The van der Waals surface area contributed by atoms with Crippen molar-refractivity contribution < 1.29 is 14.7 Å². The zero-order valence-electron chi connectivity index (χ0n) is 33.2. The molecule has 1 aliphatic heterocycles. The number of nitrogens with one attached hydrogen (secondary N) is 1. The molecule has 0 radical (unpaired) electrons. The van der Waals surface area contributed by atoms with E-state index in [-0.39, 0.29) is 23.6 Å². The highest BCUT2D eigenvalue weighted by molar-refractivity contribution is 6.18. The number of hydrogen-bond acceptors (Lipinski definition) is 6. The zero-order valence-corrected chi connectivity index (χ0v) is 34.8. The van der Waals surface area contributed by atoms with Crippen LogP contribution in [0.25, 0.3) is 16.7 Å². The predicted molar refractivity (Wildman–Crippen MR) is 228 cm³/mol. The quantitative estimate of drug-likeness (QED) is 0.111. The van der Waals surface area contributed by atoms with Crippen molar-refractivity contribution in [3.05, 3.63) is 88.8 Å². The lowest BCUT2D eigenvalue weighted by Gasteiger charge is -2.35. The zero-order chi connectivity index (χ0) is 39.6. The summed E-state index contributed by atoms with van der Waals surface area (Å²) in [4.78, 5) is 39.8. The summed E-state index contributed by atoms with van der Waals surface area (Å²) in [7, 11) is 3.68. The molecule has 0 unspecified atom stereocenters. The third kappa shape index (κ3) is 10.1. The molecule has 3 aromatic carbocycles. The molecule has 10 nitrogen and oxygen atoms in total. The number of aromatic nitrogens is 2. The molecular weight excluding hydrogens is 733 g/mol. The van der Waals surface area contributed by atoms with Crippen molar-refractivity contribution in [2.24, 2.45) is 7.05 Å². The summed E-state index contributed by atoms with van der Waals surface area (Å²) in [5, 5.41) is 13.4. The predicted octanol–water partition coefficient (Wildman–Crippen LogP) is 8.26. The number of anilines is 2. The smallest absolute Gasteiger partial charge is 0.326 e. The van der Waals surface area contributed by atoms with Gasteiger partial charge >= 0.3 is 6.03 Å². The van der Waals surface area contributed by atoms with Crippen molar-refractivity contribution in [2.75, 3.05) is 67.9 Å². The van der Waals surface area contributed by atoms with Crippen LogP contribution >= 0.6 is 23.2 Å². The number of hydrogen-bond donors (Lipinski definition) is 2. The summed E-state index contributed by atoms with van der Waals surface area (Å²) >= 11 is 12.0. The Bertz CT molecular complexity index is 1950. The van der Waals surface area contributed by atoms with Crippen molar-refractivity contribution >= 4 is 63.2 Å². The number of rotatable bonds is 16. The number of piperazine rings is 1. The molecule has 0 saturated carbocycles. The van der Waals surface area contributed by atoms with Crippen molar-refractivity contribution in [2.45, 2.75) is 65.8 Å². The first-order valence-electron chi connectivity index (χ1n) is 19.5. The van der Waals surface area contributed by atoms with Crippen LogP contribution in [-0.2, 0) is 24.8 Å². The molecule has 1 aromatic heterocycles. The van der Waals surface area contributed by atoms with Crippen molar-refractivity contribution in [1.29, 1.82) is 0 Å². The van der Waals surface area contributed by atoms with Gasteiger partial charge in [-0.15, -0.1) is 23.2 Å². The van der Waals surface area contributed by atoms with E-state index in [2.05, 4.69) is 76.9 Å². The third-order valence-electron chi connectivity index (χ3n) is 10.5. The molecule has 0 aliphatic carbocycles. The molecule has 1 fully saturated rings. The first-order chi connectivity index (χ1) is 26.5. The number of nitrogens with zero attached hydrogens (tertiary/aromatic N) is 6. The molecule has 12 heteroatoms. The van der Waals surface area contributed by atoms with E-state index < -0.39 is 0 Å². The van der Waals surface area contributed by atoms with Crippen LogP contribution in [-0.4, -0.2) is 94.5 Å². The number of allylic oxidation sites excluding steroid dienone is 1. The Morgan fingerprint density at radius 3 is 2.27 bits per heavy atom. The number of urea groups is 1. The molecule has 0 bridgehead atoms.